The van der Waals surface area contributed by atoms with Crippen molar-refractivity contribution in [2.75, 3.05) is 13.2 Å². The predicted octanol–water partition coefficient (Wildman–Crippen LogP) is 1.62. The molecule has 0 bridgehead atoms. The Morgan fingerprint density at radius 3 is 2.50 bits per heavy atom. The summed E-state index contributed by atoms with van der Waals surface area (Å²) in [6.45, 7) is 2.85. The Bertz CT molecular complexity index is 293. The summed E-state index contributed by atoms with van der Waals surface area (Å²) in [7, 11) is 0. The molecule has 0 amide bonds. The minimum absolute atomic E-state index is 0.148. The van der Waals surface area contributed by atoms with Gasteiger partial charge in [0.2, 0.25) is 0 Å². The van der Waals surface area contributed by atoms with Crippen LogP contribution in [0.4, 0.5) is 0 Å². The summed E-state index contributed by atoms with van der Waals surface area (Å²) in [6.07, 6.45) is 0.531. The first-order chi connectivity index (χ1) is 6.77. The van der Waals surface area contributed by atoms with Gasteiger partial charge in [0.1, 0.15) is 12.4 Å². The molecule has 0 aliphatic carbocycles. The third-order valence-electron chi connectivity index (χ3n) is 1.88. The normalized spacial score (nSPS) is 9.86. The van der Waals surface area contributed by atoms with E-state index >= 15 is 0 Å². The van der Waals surface area contributed by atoms with Crippen LogP contribution in [0.5, 0.6) is 5.75 Å². The van der Waals surface area contributed by atoms with E-state index in [1.54, 1.807) is 24.3 Å². The molecular formula is C11H15NO2. The summed E-state index contributed by atoms with van der Waals surface area (Å²) >= 11 is 0. The maximum absolute atomic E-state index is 11.3. The van der Waals surface area contributed by atoms with Crippen molar-refractivity contribution in [1.82, 2.24) is 0 Å². The number of nitrogens with two attached hydrogens (primary N) is 1. The molecule has 0 saturated carbocycles. The average Bonchev–Trinajstić information content (AvgIpc) is 2.26. The lowest BCUT2D eigenvalue weighted by molar-refractivity contribution is 0.0988. The quantitative estimate of drug-likeness (QED) is 0.723. The zero-order valence-electron chi connectivity index (χ0n) is 8.32. The Labute approximate surface area is 83.9 Å². The van der Waals surface area contributed by atoms with E-state index in [1.807, 2.05) is 6.92 Å². The van der Waals surface area contributed by atoms with Crippen LogP contribution in [-0.4, -0.2) is 18.9 Å². The van der Waals surface area contributed by atoms with Gasteiger partial charge in [-0.25, -0.2) is 0 Å². The first-order valence-electron chi connectivity index (χ1n) is 4.74. The number of carbonyl (C=O) groups is 1. The number of hydrogen-bond donors (Lipinski definition) is 1. The zero-order valence-corrected chi connectivity index (χ0v) is 8.32. The number of rotatable bonds is 5. The summed E-state index contributed by atoms with van der Waals surface area (Å²) < 4.78 is 5.29. The van der Waals surface area contributed by atoms with Crippen LogP contribution in [0.3, 0.4) is 0 Å². The SMILES string of the molecule is CCC(=O)c1ccc(OCCN)cc1. The minimum Gasteiger partial charge on any atom is -0.492 e. The third-order valence-corrected chi connectivity index (χ3v) is 1.88. The van der Waals surface area contributed by atoms with Crippen LogP contribution in [0, 0.1) is 0 Å². The molecule has 1 rings (SSSR count). The lowest BCUT2D eigenvalue weighted by Crippen LogP contribution is -2.10. The average molecular weight is 193 g/mol. The molecule has 0 saturated heterocycles. The fourth-order valence-corrected chi connectivity index (χ4v) is 1.12. The van der Waals surface area contributed by atoms with Crippen molar-refractivity contribution < 1.29 is 9.53 Å². The van der Waals surface area contributed by atoms with Crippen molar-refractivity contribution in [3.05, 3.63) is 29.8 Å². The smallest absolute Gasteiger partial charge is 0.162 e. The number of ketones is 1. The van der Waals surface area contributed by atoms with E-state index in [0.29, 0.717) is 19.6 Å². The summed E-state index contributed by atoms with van der Waals surface area (Å²) in [5.74, 6) is 0.901. The molecule has 3 heteroatoms. The molecule has 14 heavy (non-hydrogen) atoms. The lowest BCUT2D eigenvalue weighted by Gasteiger charge is -2.04. The number of hydrogen-bond acceptors (Lipinski definition) is 3. The fraction of sp³-hybridized carbons (Fsp3) is 0.364. The summed E-state index contributed by atoms with van der Waals surface area (Å²) in [5, 5.41) is 0. The second-order valence-corrected chi connectivity index (χ2v) is 2.94. The molecule has 0 atom stereocenters. The molecule has 0 fully saturated rings. The number of carbonyl (C=O) groups excluding carboxylic acids is 1. The molecule has 2 N–H and O–H groups in total. The van der Waals surface area contributed by atoms with Gasteiger partial charge in [0.25, 0.3) is 0 Å². The summed E-state index contributed by atoms with van der Waals surface area (Å²) in [4.78, 5) is 11.3. The Hall–Kier alpha value is -1.35. The fourth-order valence-electron chi connectivity index (χ4n) is 1.12. The van der Waals surface area contributed by atoms with Crippen molar-refractivity contribution in [3.63, 3.8) is 0 Å². The maximum atomic E-state index is 11.3. The largest absolute Gasteiger partial charge is 0.492 e. The summed E-state index contributed by atoms with van der Waals surface area (Å²) in [5.41, 5.74) is 6.03. The van der Waals surface area contributed by atoms with Gasteiger partial charge in [-0.15, -0.1) is 0 Å². The number of ether oxygens (including phenoxy) is 1. The Balaban J connectivity index is 2.63. The van der Waals surface area contributed by atoms with Crippen LogP contribution in [0.2, 0.25) is 0 Å². The van der Waals surface area contributed by atoms with Gasteiger partial charge in [0, 0.05) is 18.5 Å². The first kappa shape index (κ1) is 10.7. The van der Waals surface area contributed by atoms with Crippen LogP contribution in [0.25, 0.3) is 0 Å². The topological polar surface area (TPSA) is 52.3 Å². The Kier molecular flexibility index (Phi) is 4.13. The molecule has 0 aliphatic rings. The van der Waals surface area contributed by atoms with Gasteiger partial charge in [-0.3, -0.25) is 4.79 Å². The van der Waals surface area contributed by atoms with Crippen LogP contribution < -0.4 is 10.5 Å². The molecule has 76 valence electrons. The highest BCUT2D eigenvalue weighted by atomic mass is 16.5. The van der Waals surface area contributed by atoms with Crippen LogP contribution >= 0.6 is 0 Å². The molecule has 1 aromatic rings. The monoisotopic (exact) mass is 193 g/mol. The maximum Gasteiger partial charge on any atom is 0.162 e. The predicted molar refractivity (Wildman–Crippen MR) is 55.6 cm³/mol. The lowest BCUT2D eigenvalue weighted by atomic mass is 10.1. The standard InChI is InChI=1S/C11H15NO2/c1-2-11(13)9-3-5-10(6-4-9)14-8-7-12/h3-6H,2,7-8,12H2,1H3. The zero-order chi connectivity index (χ0) is 10.4. The number of benzene rings is 1. The Morgan fingerprint density at radius 2 is 2.00 bits per heavy atom. The van der Waals surface area contributed by atoms with E-state index in [9.17, 15) is 4.79 Å². The van der Waals surface area contributed by atoms with Crippen molar-refractivity contribution >= 4 is 5.78 Å². The third kappa shape index (κ3) is 2.85. The van der Waals surface area contributed by atoms with E-state index in [-0.39, 0.29) is 5.78 Å². The van der Waals surface area contributed by atoms with Gasteiger partial charge in [-0.1, -0.05) is 6.92 Å². The van der Waals surface area contributed by atoms with Gasteiger partial charge in [-0.2, -0.15) is 0 Å². The highest BCUT2D eigenvalue weighted by molar-refractivity contribution is 5.95. The molecule has 0 radical (unpaired) electrons. The second-order valence-electron chi connectivity index (χ2n) is 2.94. The van der Waals surface area contributed by atoms with E-state index in [2.05, 4.69) is 0 Å². The van der Waals surface area contributed by atoms with E-state index in [4.69, 9.17) is 10.5 Å². The van der Waals surface area contributed by atoms with Crippen molar-refractivity contribution in [1.29, 1.82) is 0 Å². The van der Waals surface area contributed by atoms with E-state index < -0.39 is 0 Å². The Morgan fingerprint density at radius 1 is 1.36 bits per heavy atom. The van der Waals surface area contributed by atoms with Crippen LogP contribution in [0.1, 0.15) is 23.7 Å². The van der Waals surface area contributed by atoms with Gasteiger partial charge in [0.05, 0.1) is 0 Å². The molecule has 0 heterocycles. The first-order valence-corrected chi connectivity index (χ1v) is 4.74. The van der Waals surface area contributed by atoms with Gasteiger partial charge in [-0.05, 0) is 24.3 Å². The van der Waals surface area contributed by atoms with Crippen molar-refractivity contribution in [2.24, 2.45) is 5.73 Å². The molecule has 1 aromatic carbocycles. The minimum atomic E-state index is 0.148. The van der Waals surface area contributed by atoms with Crippen LogP contribution in [-0.2, 0) is 0 Å². The molecule has 0 aromatic heterocycles. The van der Waals surface area contributed by atoms with Crippen LogP contribution in [0.15, 0.2) is 24.3 Å². The molecule has 0 unspecified atom stereocenters. The van der Waals surface area contributed by atoms with Crippen molar-refractivity contribution in [2.45, 2.75) is 13.3 Å². The van der Waals surface area contributed by atoms with E-state index in [1.165, 1.54) is 0 Å². The molecule has 0 spiro atoms. The molecule has 0 aliphatic heterocycles. The highest BCUT2D eigenvalue weighted by Crippen LogP contribution is 2.12. The van der Waals surface area contributed by atoms with E-state index in [0.717, 1.165) is 11.3 Å². The highest BCUT2D eigenvalue weighted by Gasteiger charge is 2.02. The number of Topliss-reactive ketones (excluding diaryl/α,β-unsaturated/α-hetero) is 1. The second kappa shape index (κ2) is 5.40. The van der Waals surface area contributed by atoms with Gasteiger partial charge >= 0.3 is 0 Å². The summed E-state index contributed by atoms with van der Waals surface area (Å²) in [6, 6.07) is 7.13. The van der Waals surface area contributed by atoms with Gasteiger partial charge < -0.3 is 10.5 Å². The van der Waals surface area contributed by atoms with Crippen molar-refractivity contribution in [3.8, 4) is 5.75 Å². The van der Waals surface area contributed by atoms with Gasteiger partial charge in [0.15, 0.2) is 5.78 Å². The molecular weight excluding hydrogens is 178 g/mol. The molecule has 3 nitrogen and oxygen atoms in total.